The van der Waals surface area contributed by atoms with E-state index in [4.69, 9.17) is 23.2 Å². The SMILES string of the molecule is CCNC(=O)[C@H](Cc1ccccc1)N(Cc1cccc(C)c1)C(=O)CSCc1ccc(Cl)c(Cl)c1. The normalized spacial score (nSPS) is 11.7. The highest BCUT2D eigenvalue weighted by atomic mass is 35.5. The van der Waals surface area contributed by atoms with Gasteiger partial charge in [-0.25, -0.2) is 0 Å². The van der Waals surface area contributed by atoms with Crippen LogP contribution in [0.4, 0.5) is 0 Å². The summed E-state index contributed by atoms with van der Waals surface area (Å²) >= 11 is 13.6. The number of nitrogens with one attached hydrogen (secondary N) is 1. The van der Waals surface area contributed by atoms with Crippen molar-refractivity contribution in [3.63, 3.8) is 0 Å². The third-order valence-corrected chi connectivity index (χ3v) is 7.26. The van der Waals surface area contributed by atoms with Crippen molar-refractivity contribution in [1.29, 1.82) is 0 Å². The van der Waals surface area contributed by atoms with E-state index in [0.717, 1.165) is 22.3 Å². The highest BCUT2D eigenvalue weighted by Gasteiger charge is 2.30. The van der Waals surface area contributed by atoms with Crippen molar-refractivity contribution < 1.29 is 9.59 Å². The number of rotatable bonds is 11. The summed E-state index contributed by atoms with van der Waals surface area (Å²) in [5, 5.41) is 3.93. The molecule has 184 valence electrons. The van der Waals surface area contributed by atoms with Crippen LogP contribution >= 0.6 is 35.0 Å². The molecule has 1 atom stereocenters. The topological polar surface area (TPSA) is 49.4 Å². The zero-order valence-corrected chi connectivity index (χ0v) is 22.3. The van der Waals surface area contributed by atoms with Crippen LogP contribution in [0.1, 0.15) is 29.2 Å². The summed E-state index contributed by atoms with van der Waals surface area (Å²) < 4.78 is 0. The van der Waals surface area contributed by atoms with Gasteiger partial charge in [-0.2, -0.15) is 0 Å². The molecule has 35 heavy (non-hydrogen) atoms. The van der Waals surface area contributed by atoms with E-state index in [9.17, 15) is 9.59 Å². The fraction of sp³-hybridized carbons (Fsp3) is 0.286. The minimum Gasteiger partial charge on any atom is -0.355 e. The zero-order valence-electron chi connectivity index (χ0n) is 20.0. The van der Waals surface area contributed by atoms with E-state index in [1.54, 1.807) is 11.0 Å². The second-order valence-corrected chi connectivity index (χ2v) is 10.2. The monoisotopic (exact) mass is 528 g/mol. The van der Waals surface area contributed by atoms with E-state index >= 15 is 0 Å². The Morgan fingerprint density at radius 1 is 0.914 bits per heavy atom. The third kappa shape index (κ3) is 8.31. The Labute approximate surface area is 222 Å². The summed E-state index contributed by atoms with van der Waals surface area (Å²) in [6, 6.07) is 22.7. The second-order valence-electron chi connectivity index (χ2n) is 8.35. The molecular formula is C28H30Cl2N2O2S. The number of nitrogens with zero attached hydrogens (tertiary/aromatic N) is 1. The van der Waals surface area contributed by atoms with Crippen LogP contribution in [0.3, 0.4) is 0 Å². The maximum Gasteiger partial charge on any atom is 0.243 e. The molecule has 0 bridgehead atoms. The molecule has 0 aliphatic carbocycles. The van der Waals surface area contributed by atoms with Crippen molar-refractivity contribution in [2.45, 2.75) is 38.6 Å². The zero-order chi connectivity index (χ0) is 25.2. The first-order valence-electron chi connectivity index (χ1n) is 11.6. The molecule has 3 aromatic carbocycles. The molecule has 0 heterocycles. The van der Waals surface area contributed by atoms with Crippen LogP contribution in [-0.2, 0) is 28.3 Å². The molecule has 0 fully saturated rings. The first-order chi connectivity index (χ1) is 16.9. The number of hydrogen-bond donors (Lipinski definition) is 1. The van der Waals surface area contributed by atoms with Crippen molar-refractivity contribution in [3.8, 4) is 0 Å². The quantitative estimate of drug-likeness (QED) is 0.317. The smallest absolute Gasteiger partial charge is 0.243 e. The van der Waals surface area contributed by atoms with Crippen molar-refractivity contribution in [1.82, 2.24) is 10.2 Å². The second kappa shape index (κ2) is 13.6. The van der Waals surface area contributed by atoms with Crippen LogP contribution in [0.15, 0.2) is 72.8 Å². The van der Waals surface area contributed by atoms with Gasteiger partial charge in [0, 0.05) is 25.3 Å². The standard InChI is InChI=1S/C28H30Cl2N2O2S/c1-3-31-28(34)26(16-21-9-5-4-6-10-21)32(17-22-11-7-8-20(2)14-22)27(33)19-35-18-23-12-13-24(29)25(30)15-23/h4-15,26H,3,16-19H2,1-2H3,(H,31,34)/t26-/m0/s1. The highest BCUT2D eigenvalue weighted by molar-refractivity contribution is 7.99. The lowest BCUT2D eigenvalue weighted by Crippen LogP contribution is -2.51. The summed E-state index contributed by atoms with van der Waals surface area (Å²) in [5.41, 5.74) is 4.11. The Bertz CT molecular complexity index is 1140. The Balaban J connectivity index is 1.82. The van der Waals surface area contributed by atoms with Gasteiger partial charge in [-0.15, -0.1) is 11.8 Å². The predicted molar refractivity (Wildman–Crippen MR) is 147 cm³/mol. The van der Waals surface area contributed by atoms with Gasteiger partial charge in [0.2, 0.25) is 11.8 Å². The molecule has 0 saturated heterocycles. The molecule has 7 heteroatoms. The summed E-state index contributed by atoms with van der Waals surface area (Å²) in [6.45, 7) is 4.77. The van der Waals surface area contributed by atoms with E-state index in [1.807, 2.05) is 74.5 Å². The first kappa shape index (κ1) is 27.1. The molecule has 0 unspecified atom stereocenters. The highest BCUT2D eigenvalue weighted by Crippen LogP contribution is 2.25. The molecule has 3 rings (SSSR count). The van der Waals surface area contributed by atoms with Gasteiger partial charge in [-0.05, 0) is 42.7 Å². The maximum absolute atomic E-state index is 13.6. The van der Waals surface area contributed by atoms with Gasteiger partial charge in [0.15, 0.2) is 0 Å². The van der Waals surface area contributed by atoms with Gasteiger partial charge < -0.3 is 10.2 Å². The maximum atomic E-state index is 13.6. The number of carbonyl (C=O) groups is 2. The molecule has 0 aliphatic heterocycles. The largest absolute Gasteiger partial charge is 0.355 e. The Hall–Kier alpha value is -2.47. The minimum absolute atomic E-state index is 0.0799. The lowest BCUT2D eigenvalue weighted by molar-refractivity contribution is -0.139. The molecule has 1 N–H and O–H groups in total. The van der Waals surface area contributed by atoms with E-state index in [0.29, 0.717) is 35.3 Å². The Morgan fingerprint density at radius 3 is 2.34 bits per heavy atom. The predicted octanol–water partition coefficient (Wildman–Crippen LogP) is 6.31. The molecule has 2 amide bonds. The first-order valence-corrected chi connectivity index (χ1v) is 13.5. The molecule has 4 nitrogen and oxygen atoms in total. The third-order valence-electron chi connectivity index (χ3n) is 5.54. The average Bonchev–Trinajstić information content (AvgIpc) is 2.84. The molecule has 0 aliphatic rings. The number of halogens is 2. The van der Waals surface area contributed by atoms with Crippen LogP contribution in [0, 0.1) is 6.92 Å². The fourth-order valence-electron chi connectivity index (χ4n) is 3.82. The van der Waals surface area contributed by atoms with E-state index in [2.05, 4.69) is 11.4 Å². The van der Waals surface area contributed by atoms with Crippen molar-refractivity contribution in [2.75, 3.05) is 12.3 Å². The van der Waals surface area contributed by atoms with Gasteiger partial charge >= 0.3 is 0 Å². The number of likely N-dealkylation sites (N-methyl/N-ethyl adjacent to an activating group) is 1. The Morgan fingerprint density at radius 2 is 1.66 bits per heavy atom. The molecule has 0 aromatic heterocycles. The number of carbonyl (C=O) groups excluding carboxylic acids is 2. The van der Waals surface area contributed by atoms with E-state index in [-0.39, 0.29) is 17.6 Å². The van der Waals surface area contributed by atoms with Crippen LogP contribution in [0.2, 0.25) is 10.0 Å². The van der Waals surface area contributed by atoms with E-state index in [1.165, 1.54) is 11.8 Å². The Kier molecular flexibility index (Phi) is 10.5. The number of thioether (sulfide) groups is 1. The fourth-order valence-corrected chi connectivity index (χ4v) is 5.00. The van der Waals surface area contributed by atoms with Gasteiger partial charge in [-0.1, -0.05) is 89.4 Å². The molecule has 3 aromatic rings. The van der Waals surface area contributed by atoms with Crippen molar-refractivity contribution >= 4 is 46.8 Å². The summed E-state index contributed by atoms with van der Waals surface area (Å²) in [5.74, 6) is 0.637. The van der Waals surface area contributed by atoms with Crippen LogP contribution in [0.5, 0.6) is 0 Å². The van der Waals surface area contributed by atoms with Crippen molar-refractivity contribution in [3.05, 3.63) is 105 Å². The summed E-state index contributed by atoms with van der Waals surface area (Å²) in [7, 11) is 0. The molecular weight excluding hydrogens is 499 g/mol. The van der Waals surface area contributed by atoms with Crippen molar-refractivity contribution in [2.24, 2.45) is 0 Å². The number of hydrogen-bond acceptors (Lipinski definition) is 3. The molecule has 0 saturated carbocycles. The summed E-state index contributed by atoms with van der Waals surface area (Å²) in [6.07, 6.45) is 0.446. The number of amides is 2. The van der Waals surface area contributed by atoms with Gasteiger partial charge in [0.25, 0.3) is 0 Å². The number of benzene rings is 3. The lowest BCUT2D eigenvalue weighted by Gasteiger charge is -2.31. The van der Waals surface area contributed by atoms with Gasteiger partial charge in [0.05, 0.1) is 15.8 Å². The number of aryl methyl sites for hydroxylation is 1. The van der Waals surface area contributed by atoms with Gasteiger partial charge in [0.1, 0.15) is 6.04 Å². The molecule has 0 spiro atoms. The van der Waals surface area contributed by atoms with Crippen LogP contribution < -0.4 is 5.32 Å². The van der Waals surface area contributed by atoms with Gasteiger partial charge in [-0.3, -0.25) is 9.59 Å². The summed E-state index contributed by atoms with van der Waals surface area (Å²) in [4.78, 5) is 28.5. The molecule has 0 radical (unpaired) electrons. The van der Waals surface area contributed by atoms with Crippen LogP contribution in [0.25, 0.3) is 0 Å². The lowest BCUT2D eigenvalue weighted by atomic mass is 10.0. The van der Waals surface area contributed by atoms with E-state index < -0.39 is 6.04 Å². The van der Waals surface area contributed by atoms with Crippen LogP contribution in [-0.4, -0.2) is 35.1 Å². The average molecular weight is 530 g/mol. The minimum atomic E-state index is -0.615.